The molecule has 0 unspecified atom stereocenters. The van der Waals surface area contributed by atoms with Crippen molar-refractivity contribution in [3.8, 4) is 50.2 Å². The van der Waals surface area contributed by atoms with E-state index in [1.807, 2.05) is 12.1 Å². The maximum absolute atomic E-state index is 6.32. The number of para-hydroxylation sites is 3. The van der Waals surface area contributed by atoms with Crippen LogP contribution in [0.4, 0.5) is 17.1 Å². The van der Waals surface area contributed by atoms with E-state index in [1.165, 1.54) is 60.4 Å². The minimum absolute atomic E-state index is 0.890. The van der Waals surface area contributed by atoms with Gasteiger partial charge in [-0.05, 0) is 146 Å². The SMILES string of the molecule is c1cc(-c2ccc(N(c3ccc(-c4ccc5ccccc5c4)cc3)c3cccc(-c4ccc5c(c4)oc4ccccc45)c3)cc2)cc(-c2cccc(-n3c4ccccc4c4ccccc43)c2)c1. The van der Waals surface area contributed by atoms with Crippen LogP contribution in [-0.2, 0) is 0 Å². The van der Waals surface area contributed by atoms with E-state index in [9.17, 15) is 0 Å². The van der Waals surface area contributed by atoms with Gasteiger partial charge in [0.05, 0.1) is 11.0 Å². The number of nitrogens with zero attached hydrogens (tertiary/aromatic N) is 2. The molecular formula is C64H42N2O. The summed E-state index contributed by atoms with van der Waals surface area (Å²) in [5.41, 5.74) is 17.9. The number of furan rings is 1. The third kappa shape index (κ3) is 6.84. The lowest BCUT2D eigenvalue weighted by molar-refractivity contribution is 0.669. The second-order valence-corrected chi connectivity index (χ2v) is 17.4. The van der Waals surface area contributed by atoms with E-state index in [1.54, 1.807) is 0 Å². The number of hydrogen-bond acceptors (Lipinski definition) is 2. The molecule has 0 aliphatic rings. The van der Waals surface area contributed by atoms with Crippen molar-refractivity contribution in [2.75, 3.05) is 4.90 Å². The van der Waals surface area contributed by atoms with Gasteiger partial charge in [0.15, 0.2) is 0 Å². The minimum Gasteiger partial charge on any atom is -0.456 e. The molecule has 67 heavy (non-hydrogen) atoms. The van der Waals surface area contributed by atoms with Gasteiger partial charge in [0.1, 0.15) is 11.2 Å². The predicted octanol–water partition coefficient (Wildman–Crippen LogP) is 18.0. The standard InChI is InChI=1S/C64H42N2O/c1-2-13-46-39-51(27-26-43(46)12-1)45-30-35-54(36-31-45)65(55-18-10-17-50(40-55)52-32-37-60-59-22-5-8-25-63(59)67-64(60)42-52)53-33-28-44(29-34-53)47-14-9-15-48(38-47)49-16-11-19-56(41-49)66-61-23-6-3-20-57(61)58-21-4-7-24-62(58)66/h1-42H. The Hall–Kier alpha value is -8.92. The molecule has 314 valence electrons. The van der Waals surface area contributed by atoms with Crippen LogP contribution in [0.5, 0.6) is 0 Å². The maximum Gasteiger partial charge on any atom is 0.136 e. The molecular weight excluding hydrogens is 813 g/mol. The average Bonchev–Trinajstić information content (AvgIpc) is 3.95. The zero-order valence-electron chi connectivity index (χ0n) is 36.6. The Morgan fingerprint density at radius 1 is 0.269 bits per heavy atom. The van der Waals surface area contributed by atoms with Crippen molar-refractivity contribution in [1.82, 2.24) is 4.57 Å². The molecule has 0 bridgehead atoms. The van der Waals surface area contributed by atoms with Crippen LogP contribution >= 0.6 is 0 Å². The van der Waals surface area contributed by atoms with Crippen molar-refractivity contribution in [1.29, 1.82) is 0 Å². The van der Waals surface area contributed by atoms with Gasteiger partial charge in [0, 0.05) is 44.3 Å². The number of benzene rings is 11. The highest BCUT2D eigenvalue weighted by molar-refractivity contribution is 6.09. The number of aromatic nitrogens is 1. The Kier molecular flexibility index (Phi) is 9.17. The molecule has 2 aromatic heterocycles. The molecule has 2 heterocycles. The lowest BCUT2D eigenvalue weighted by Crippen LogP contribution is -2.10. The summed E-state index contributed by atoms with van der Waals surface area (Å²) in [4.78, 5) is 2.35. The van der Waals surface area contributed by atoms with Crippen LogP contribution in [0.2, 0.25) is 0 Å². The van der Waals surface area contributed by atoms with Crippen LogP contribution in [0.15, 0.2) is 259 Å². The van der Waals surface area contributed by atoms with Crippen LogP contribution in [-0.4, -0.2) is 4.57 Å². The first-order chi connectivity index (χ1) is 33.2. The summed E-state index contributed by atoms with van der Waals surface area (Å²) in [7, 11) is 0. The van der Waals surface area contributed by atoms with E-state index in [0.717, 1.165) is 61.4 Å². The Morgan fingerprint density at radius 3 is 1.48 bits per heavy atom. The van der Waals surface area contributed by atoms with Crippen LogP contribution in [0, 0.1) is 0 Å². The Balaban J connectivity index is 0.860. The first-order valence-corrected chi connectivity index (χ1v) is 22.9. The van der Waals surface area contributed by atoms with Gasteiger partial charge in [-0.1, -0.05) is 164 Å². The summed E-state index contributed by atoms with van der Waals surface area (Å²) in [6, 6.07) is 92.0. The molecule has 0 atom stereocenters. The van der Waals surface area contributed by atoms with E-state index < -0.39 is 0 Å². The number of rotatable bonds is 8. The van der Waals surface area contributed by atoms with E-state index in [2.05, 4.69) is 252 Å². The number of fused-ring (bicyclic) bond motifs is 7. The lowest BCUT2D eigenvalue weighted by Gasteiger charge is -2.26. The molecule has 13 rings (SSSR count). The van der Waals surface area contributed by atoms with Crippen molar-refractivity contribution in [2.24, 2.45) is 0 Å². The molecule has 0 aliphatic carbocycles. The summed E-state index contributed by atoms with van der Waals surface area (Å²) in [6.45, 7) is 0. The third-order valence-corrected chi connectivity index (χ3v) is 13.4. The van der Waals surface area contributed by atoms with Crippen molar-refractivity contribution >= 4 is 71.6 Å². The second-order valence-electron chi connectivity index (χ2n) is 17.4. The molecule has 3 heteroatoms. The smallest absolute Gasteiger partial charge is 0.136 e. The van der Waals surface area contributed by atoms with E-state index >= 15 is 0 Å². The van der Waals surface area contributed by atoms with Crippen molar-refractivity contribution < 1.29 is 4.42 Å². The normalized spacial score (nSPS) is 11.6. The van der Waals surface area contributed by atoms with Crippen LogP contribution < -0.4 is 4.90 Å². The molecule has 0 spiro atoms. The first-order valence-electron chi connectivity index (χ1n) is 22.9. The summed E-state index contributed by atoms with van der Waals surface area (Å²) >= 11 is 0. The van der Waals surface area contributed by atoms with Gasteiger partial charge in [-0.2, -0.15) is 0 Å². The molecule has 0 N–H and O–H groups in total. The fourth-order valence-electron chi connectivity index (χ4n) is 10.1. The number of hydrogen-bond donors (Lipinski definition) is 0. The summed E-state index contributed by atoms with van der Waals surface area (Å²) in [6.07, 6.45) is 0. The monoisotopic (exact) mass is 854 g/mol. The fourth-order valence-corrected chi connectivity index (χ4v) is 10.1. The second kappa shape index (κ2) is 16.0. The molecule has 3 nitrogen and oxygen atoms in total. The van der Waals surface area contributed by atoms with E-state index in [0.29, 0.717) is 0 Å². The van der Waals surface area contributed by atoms with Gasteiger partial charge in [-0.3, -0.25) is 0 Å². The summed E-state index contributed by atoms with van der Waals surface area (Å²) in [5.74, 6) is 0. The van der Waals surface area contributed by atoms with Gasteiger partial charge in [-0.25, -0.2) is 0 Å². The van der Waals surface area contributed by atoms with Crippen molar-refractivity contribution in [2.45, 2.75) is 0 Å². The van der Waals surface area contributed by atoms with Gasteiger partial charge in [-0.15, -0.1) is 0 Å². The molecule has 13 aromatic rings. The van der Waals surface area contributed by atoms with E-state index in [4.69, 9.17) is 4.42 Å². The molecule has 0 amide bonds. The number of anilines is 3. The topological polar surface area (TPSA) is 21.3 Å². The zero-order valence-corrected chi connectivity index (χ0v) is 36.6. The Bertz CT molecular complexity index is 3930. The lowest BCUT2D eigenvalue weighted by atomic mass is 9.98. The predicted molar refractivity (Wildman–Crippen MR) is 282 cm³/mol. The van der Waals surface area contributed by atoms with E-state index in [-0.39, 0.29) is 0 Å². The quantitative estimate of drug-likeness (QED) is 0.152. The Labute approximate surface area is 388 Å². The largest absolute Gasteiger partial charge is 0.456 e. The Morgan fingerprint density at radius 2 is 0.761 bits per heavy atom. The van der Waals surface area contributed by atoms with Crippen LogP contribution in [0.1, 0.15) is 0 Å². The van der Waals surface area contributed by atoms with Crippen molar-refractivity contribution in [3.63, 3.8) is 0 Å². The average molecular weight is 855 g/mol. The maximum atomic E-state index is 6.32. The molecule has 0 aliphatic heterocycles. The molecule has 0 radical (unpaired) electrons. The molecule has 11 aromatic carbocycles. The highest BCUT2D eigenvalue weighted by Crippen LogP contribution is 2.41. The molecule has 0 fully saturated rings. The fraction of sp³-hybridized carbons (Fsp3) is 0. The highest BCUT2D eigenvalue weighted by Gasteiger charge is 2.17. The first kappa shape index (κ1) is 38.5. The minimum atomic E-state index is 0.890. The molecule has 0 saturated carbocycles. The highest BCUT2D eigenvalue weighted by atomic mass is 16.3. The third-order valence-electron chi connectivity index (χ3n) is 13.4. The zero-order chi connectivity index (χ0) is 44.3. The van der Waals surface area contributed by atoms with Gasteiger partial charge in [0.25, 0.3) is 0 Å². The van der Waals surface area contributed by atoms with Gasteiger partial charge < -0.3 is 13.9 Å². The van der Waals surface area contributed by atoms with Crippen LogP contribution in [0.25, 0.3) is 105 Å². The van der Waals surface area contributed by atoms with Crippen LogP contribution in [0.3, 0.4) is 0 Å². The molecule has 0 saturated heterocycles. The summed E-state index contributed by atoms with van der Waals surface area (Å²) in [5, 5.41) is 7.27. The van der Waals surface area contributed by atoms with Gasteiger partial charge >= 0.3 is 0 Å². The van der Waals surface area contributed by atoms with Crippen molar-refractivity contribution in [3.05, 3.63) is 255 Å². The summed E-state index contributed by atoms with van der Waals surface area (Å²) < 4.78 is 8.70. The van der Waals surface area contributed by atoms with Gasteiger partial charge in [0.2, 0.25) is 0 Å².